The second-order valence-corrected chi connectivity index (χ2v) is 10.4. The lowest BCUT2D eigenvalue weighted by molar-refractivity contribution is 0.0827. The zero-order chi connectivity index (χ0) is 30.1. The minimum atomic E-state index is -0.529. The van der Waals surface area contributed by atoms with E-state index in [0.29, 0.717) is 22.7 Å². The van der Waals surface area contributed by atoms with E-state index in [1.54, 1.807) is 67.5 Å². The van der Waals surface area contributed by atoms with Crippen LogP contribution in [0.1, 0.15) is 69.9 Å². The third-order valence-electron chi connectivity index (χ3n) is 7.24. The summed E-state index contributed by atoms with van der Waals surface area (Å²) in [6.07, 6.45) is 6.12. The summed E-state index contributed by atoms with van der Waals surface area (Å²) >= 11 is 0. The number of anilines is 2. The van der Waals surface area contributed by atoms with Crippen LogP contribution in [0, 0.1) is 5.41 Å². The molecule has 11 heteroatoms. The summed E-state index contributed by atoms with van der Waals surface area (Å²) in [4.78, 5) is 41.6. The minimum Gasteiger partial charge on any atom is -0.345 e. The average Bonchev–Trinajstić information content (AvgIpc) is 3.00. The molecule has 42 heavy (non-hydrogen) atoms. The molecule has 11 nitrogen and oxygen atoms in total. The van der Waals surface area contributed by atoms with Crippen molar-refractivity contribution >= 4 is 35.2 Å². The first-order valence-electron chi connectivity index (χ1n) is 13.8. The van der Waals surface area contributed by atoms with E-state index in [2.05, 4.69) is 33.1 Å². The zero-order valence-corrected chi connectivity index (χ0v) is 23.8. The van der Waals surface area contributed by atoms with Crippen LogP contribution in [0.5, 0.6) is 0 Å². The fraction of sp³-hybridized carbons (Fsp3) is 0.290. The molecule has 0 heterocycles. The number of amides is 4. The van der Waals surface area contributed by atoms with E-state index in [1.807, 2.05) is 12.1 Å². The predicted octanol–water partition coefficient (Wildman–Crippen LogP) is 5.67. The molecular weight excluding hydrogens is 532 g/mol. The van der Waals surface area contributed by atoms with Gasteiger partial charge in [0.1, 0.15) is 0 Å². The van der Waals surface area contributed by atoms with Crippen molar-refractivity contribution in [2.75, 3.05) is 24.3 Å². The Hall–Kier alpha value is -5.06. The Kier molecular flexibility index (Phi) is 9.99. The summed E-state index contributed by atoms with van der Waals surface area (Å²) in [7, 11) is 3.35. The molecule has 0 aliphatic heterocycles. The van der Waals surface area contributed by atoms with Crippen LogP contribution in [-0.2, 0) is 6.54 Å². The Morgan fingerprint density at radius 3 is 2.26 bits per heavy atom. The van der Waals surface area contributed by atoms with Gasteiger partial charge < -0.3 is 16.1 Å². The van der Waals surface area contributed by atoms with Crippen molar-refractivity contribution in [2.24, 2.45) is 16.2 Å². The Balaban J connectivity index is 1.56. The third-order valence-corrected chi connectivity index (χ3v) is 7.24. The first kappa shape index (κ1) is 29.9. The van der Waals surface area contributed by atoms with E-state index >= 15 is 0 Å². The summed E-state index contributed by atoms with van der Waals surface area (Å²) in [6, 6.07) is 21.3. The number of hydrogen-bond acceptors (Lipinski definition) is 5. The molecule has 5 N–H and O–H groups in total. The topological polar surface area (TPSA) is 156 Å². The lowest BCUT2D eigenvalue weighted by atomic mass is 9.84. The number of nitrogens with one attached hydrogen (secondary N) is 3. The van der Waals surface area contributed by atoms with E-state index in [1.165, 1.54) is 42.6 Å². The van der Waals surface area contributed by atoms with Gasteiger partial charge in [-0.05, 0) is 72.4 Å². The van der Waals surface area contributed by atoms with Gasteiger partial charge in [0.05, 0.1) is 6.54 Å². The Labute approximate surface area is 245 Å². The van der Waals surface area contributed by atoms with Gasteiger partial charge in [-0.25, -0.2) is 4.79 Å². The van der Waals surface area contributed by atoms with Crippen LogP contribution in [0.4, 0.5) is 16.2 Å². The van der Waals surface area contributed by atoms with Crippen molar-refractivity contribution in [3.05, 3.63) is 95.1 Å². The third kappa shape index (κ3) is 7.78. The van der Waals surface area contributed by atoms with Gasteiger partial charge in [0.25, 0.3) is 11.8 Å². The molecule has 0 radical (unpaired) electrons. The number of carbonyl (C=O) groups excluding carboxylic acids is 3. The number of nitrogens with zero attached hydrogens (tertiary/aromatic N) is 4. The number of rotatable bonds is 7. The zero-order valence-electron chi connectivity index (χ0n) is 23.8. The first-order valence-corrected chi connectivity index (χ1v) is 13.8. The fourth-order valence-electron chi connectivity index (χ4n) is 5.03. The van der Waals surface area contributed by atoms with Crippen LogP contribution in [0.3, 0.4) is 0 Å². The Bertz CT molecular complexity index is 1450. The maximum Gasteiger partial charge on any atom is 0.326 e. The second kappa shape index (κ2) is 14.0. The predicted molar refractivity (Wildman–Crippen MR) is 163 cm³/mol. The molecule has 1 saturated carbocycles. The van der Waals surface area contributed by atoms with Gasteiger partial charge in [0, 0.05) is 36.6 Å². The van der Waals surface area contributed by atoms with Crippen LogP contribution in [0.2, 0.25) is 0 Å². The molecule has 0 unspecified atom stereocenters. The fourth-order valence-corrected chi connectivity index (χ4v) is 5.03. The SMILES string of the molecule is CN(C)C(=O)c1cccc(NC(=O)N(Cc2ccc(C(=O)NC(=N)/N=N\N)cc2)c2ccc(C3CCCCC3)cc2)c1. The minimum absolute atomic E-state index is 0.161. The summed E-state index contributed by atoms with van der Waals surface area (Å²) < 4.78 is 0. The highest BCUT2D eigenvalue weighted by Gasteiger charge is 2.20. The molecule has 1 aliphatic carbocycles. The van der Waals surface area contributed by atoms with Gasteiger partial charge in [-0.15, -0.1) is 0 Å². The van der Waals surface area contributed by atoms with E-state index in [4.69, 9.17) is 11.3 Å². The number of nitrogens with two attached hydrogens (primary N) is 1. The van der Waals surface area contributed by atoms with E-state index in [9.17, 15) is 14.4 Å². The average molecular weight is 569 g/mol. The number of hydrogen-bond donors (Lipinski definition) is 4. The summed E-state index contributed by atoms with van der Waals surface area (Å²) in [5, 5.41) is 19.0. The highest BCUT2D eigenvalue weighted by atomic mass is 16.2. The number of urea groups is 1. The first-order chi connectivity index (χ1) is 20.2. The van der Waals surface area contributed by atoms with Crippen LogP contribution in [-0.4, -0.2) is 42.8 Å². The largest absolute Gasteiger partial charge is 0.345 e. The molecule has 4 rings (SSSR count). The van der Waals surface area contributed by atoms with Crippen molar-refractivity contribution in [3.8, 4) is 0 Å². The van der Waals surface area contributed by atoms with E-state index in [0.717, 1.165) is 11.3 Å². The van der Waals surface area contributed by atoms with Crippen molar-refractivity contribution in [2.45, 2.75) is 44.6 Å². The smallest absolute Gasteiger partial charge is 0.326 e. The van der Waals surface area contributed by atoms with Crippen molar-refractivity contribution < 1.29 is 14.4 Å². The van der Waals surface area contributed by atoms with Crippen molar-refractivity contribution in [1.29, 1.82) is 5.41 Å². The lowest BCUT2D eigenvalue weighted by Crippen LogP contribution is -2.34. The van der Waals surface area contributed by atoms with Crippen LogP contribution >= 0.6 is 0 Å². The summed E-state index contributed by atoms with van der Waals surface area (Å²) in [5.41, 5.74) is 4.06. The Morgan fingerprint density at radius 1 is 0.929 bits per heavy atom. The quantitative estimate of drug-likeness (QED) is 0.0953. The maximum absolute atomic E-state index is 13.7. The van der Waals surface area contributed by atoms with Crippen LogP contribution in [0.15, 0.2) is 83.1 Å². The molecule has 4 amide bonds. The van der Waals surface area contributed by atoms with Gasteiger partial charge in [-0.1, -0.05) is 59.9 Å². The van der Waals surface area contributed by atoms with Crippen molar-refractivity contribution in [1.82, 2.24) is 10.2 Å². The molecule has 3 aromatic carbocycles. The Morgan fingerprint density at radius 2 is 1.62 bits per heavy atom. The number of guanidine groups is 1. The van der Waals surface area contributed by atoms with E-state index in [-0.39, 0.29) is 18.5 Å². The van der Waals surface area contributed by atoms with Gasteiger partial charge in [0.15, 0.2) is 0 Å². The molecule has 0 aromatic heterocycles. The molecular formula is C31H36N8O3. The summed E-state index contributed by atoms with van der Waals surface area (Å²) in [5.74, 6) is 4.30. The molecule has 218 valence electrons. The lowest BCUT2D eigenvalue weighted by Gasteiger charge is -2.26. The summed E-state index contributed by atoms with van der Waals surface area (Å²) in [6.45, 7) is 0.226. The molecule has 1 fully saturated rings. The monoisotopic (exact) mass is 568 g/mol. The maximum atomic E-state index is 13.7. The van der Waals surface area contributed by atoms with E-state index < -0.39 is 11.9 Å². The molecule has 1 aliphatic rings. The number of carbonyl (C=O) groups is 3. The molecule has 0 bridgehead atoms. The normalized spacial score (nSPS) is 13.4. The number of benzene rings is 3. The van der Waals surface area contributed by atoms with Gasteiger partial charge >= 0.3 is 6.03 Å². The van der Waals surface area contributed by atoms with Gasteiger partial charge in [0.2, 0.25) is 5.96 Å². The highest BCUT2D eigenvalue weighted by molar-refractivity contribution is 6.05. The molecule has 0 spiro atoms. The van der Waals surface area contributed by atoms with Gasteiger partial charge in [-0.3, -0.25) is 25.2 Å². The highest BCUT2D eigenvalue weighted by Crippen LogP contribution is 2.33. The second-order valence-electron chi connectivity index (χ2n) is 10.4. The molecule has 0 saturated heterocycles. The van der Waals surface area contributed by atoms with Gasteiger partial charge in [-0.2, -0.15) is 0 Å². The van der Waals surface area contributed by atoms with Crippen LogP contribution < -0.4 is 21.4 Å². The van der Waals surface area contributed by atoms with Crippen LogP contribution in [0.25, 0.3) is 0 Å². The molecule has 3 aromatic rings. The standard InChI is InChI=1S/C31H36N8O3/c1-38(2)29(41)25-9-6-10-26(19-25)34-31(42)39(27-17-15-23(16-18-27)22-7-4-3-5-8-22)20-21-11-13-24(14-12-21)28(40)35-30(32)36-37-33/h6,9-19,22H,3-5,7-8,20H2,1-2H3,(H,34,42)(H4,32,33,35,36,40). The molecule has 0 atom stereocenters. The van der Waals surface area contributed by atoms with Crippen molar-refractivity contribution in [3.63, 3.8) is 0 Å².